The number of hydrogen-bond donors (Lipinski definition) is 3. The van der Waals surface area contributed by atoms with Gasteiger partial charge in [0.2, 0.25) is 0 Å². The molecule has 2 atom stereocenters. The molecule has 1 heterocycles. The molecule has 1 saturated heterocycles. The van der Waals surface area contributed by atoms with Crippen molar-refractivity contribution >= 4 is 6.09 Å². The van der Waals surface area contributed by atoms with Crippen LogP contribution in [0.3, 0.4) is 0 Å². The number of nitrogens with one attached hydrogen (secondary N) is 3. The number of hydrogen-bond acceptors (Lipinski definition) is 4. The van der Waals surface area contributed by atoms with Crippen LogP contribution in [0.1, 0.15) is 60.8 Å². The molecule has 2 unspecified atom stereocenters. The second kappa shape index (κ2) is 8.16. The Morgan fingerprint density at radius 3 is 2.50 bits per heavy atom. The predicted octanol–water partition coefficient (Wildman–Crippen LogP) is 2.66. The van der Waals surface area contributed by atoms with Crippen LogP contribution in [-0.2, 0) is 4.74 Å². The lowest BCUT2D eigenvalue weighted by Gasteiger charge is -2.34. The zero-order chi connectivity index (χ0) is 16.8. The van der Waals surface area contributed by atoms with E-state index in [-0.39, 0.29) is 11.6 Å². The molecule has 5 nitrogen and oxygen atoms in total. The Balaban J connectivity index is 2.48. The van der Waals surface area contributed by atoms with Crippen LogP contribution in [0, 0.1) is 5.92 Å². The molecule has 130 valence electrons. The second-order valence-corrected chi connectivity index (χ2v) is 8.19. The van der Waals surface area contributed by atoms with E-state index in [1.54, 1.807) is 0 Å². The second-order valence-electron chi connectivity index (χ2n) is 8.19. The van der Waals surface area contributed by atoms with Crippen molar-refractivity contribution in [2.75, 3.05) is 19.6 Å². The van der Waals surface area contributed by atoms with E-state index in [9.17, 15) is 4.79 Å². The summed E-state index contributed by atoms with van der Waals surface area (Å²) in [5.41, 5.74) is -0.574. The molecular weight excluding hydrogens is 278 g/mol. The molecule has 5 heteroatoms. The Bertz CT molecular complexity index is 346. The highest BCUT2D eigenvalue weighted by atomic mass is 16.6. The molecule has 1 fully saturated rings. The van der Waals surface area contributed by atoms with Gasteiger partial charge in [0.15, 0.2) is 0 Å². The van der Waals surface area contributed by atoms with Gasteiger partial charge in [0.1, 0.15) is 5.60 Å². The maximum atomic E-state index is 11.9. The average molecular weight is 313 g/mol. The van der Waals surface area contributed by atoms with Gasteiger partial charge in [-0.1, -0.05) is 13.8 Å². The normalized spacial score (nSPS) is 21.7. The molecule has 1 aliphatic heterocycles. The van der Waals surface area contributed by atoms with Gasteiger partial charge in [-0.3, -0.25) is 0 Å². The van der Waals surface area contributed by atoms with Gasteiger partial charge in [-0.05, 0) is 59.4 Å². The largest absolute Gasteiger partial charge is 0.444 e. The van der Waals surface area contributed by atoms with E-state index in [2.05, 4.69) is 36.7 Å². The van der Waals surface area contributed by atoms with Gasteiger partial charge < -0.3 is 20.7 Å². The fraction of sp³-hybridized carbons (Fsp3) is 0.941. The molecule has 0 radical (unpaired) electrons. The highest BCUT2D eigenvalue weighted by molar-refractivity contribution is 5.67. The molecule has 1 rings (SSSR count). The molecule has 0 aromatic rings. The van der Waals surface area contributed by atoms with Crippen LogP contribution < -0.4 is 16.0 Å². The molecule has 0 aromatic heterocycles. The van der Waals surface area contributed by atoms with E-state index in [0.717, 1.165) is 19.5 Å². The fourth-order valence-electron chi connectivity index (χ4n) is 2.99. The minimum Gasteiger partial charge on any atom is -0.444 e. The zero-order valence-electron chi connectivity index (χ0n) is 15.2. The Kier molecular flexibility index (Phi) is 7.13. The molecule has 0 spiro atoms. The summed E-state index contributed by atoms with van der Waals surface area (Å²) in [6.07, 6.45) is 3.15. The first-order chi connectivity index (χ1) is 10.1. The maximum absolute atomic E-state index is 11.9. The van der Waals surface area contributed by atoms with E-state index in [4.69, 9.17) is 4.74 Å². The summed E-state index contributed by atoms with van der Waals surface area (Å²) >= 11 is 0. The van der Waals surface area contributed by atoms with Crippen LogP contribution in [0.25, 0.3) is 0 Å². The van der Waals surface area contributed by atoms with Gasteiger partial charge in [-0.15, -0.1) is 0 Å². The van der Waals surface area contributed by atoms with Crippen molar-refractivity contribution < 1.29 is 9.53 Å². The SMILES string of the molecule is CC(C)CC(C)(CNC(=O)OC(C)(C)C)NCC1CCCN1. The zero-order valence-corrected chi connectivity index (χ0v) is 15.2. The van der Waals surface area contributed by atoms with Crippen LogP contribution in [0.5, 0.6) is 0 Å². The minimum absolute atomic E-state index is 0.116. The summed E-state index contributed by atoms with van der Waals surface area (Å²) in [6.45, 7) is 14.9. The molecule has 0 aliphatic carbocycles. The lowest BCUT2D eigenvalue weighted by Crippen LogP contribution is -2.55. The quantitative estimate of drug-likeness (QED) is 0.676. The number of rotatable bonds is 7. The highest BCUT2D eigenvalue weighted by Crippen LogP contribution is 2.17. The smallest absolute Gasteiger partial charge is 0.407 e. The summed E-state index contributed by atoms with van der Waals surface area (Å²) < 4.78 is 5.33. The lowest BCUT2D eigenvalue weighted by atomic mass is 9.90. The number of amides is 1. The van der Waals surface area contributed by atoms with E-state index < -0.39 is 5.60 Å². The molecule has 1 aliphatic rings. The minimum atomic E-state index is -0.459. The van der Waals surface area contributed by atoms with E-state index >= 15 is 0 Å². The Hall–Kier alpha value is -0.810. The summed E-state index contributed by atoms with van der Waals surface area (Å²) in [5.74, 6) is 0.564. The van der Waals surface area contributed by atoms with Crippen molar-refractivity contribution in [3.05, 3.63) is 0 Å². The van der Waals surface area contributed by atoms with Crippen LogP contribution in [0.15, 0.2) is 0 Å². The summed E-state index contributed by atoms with van der Waals surface area (Å²) in [5, 5.41) is 10.1. The van der Waals surface area contributed by atoms with Crippen molar-refractivity contribution in [3.63, 3.8) is 0 Å². The first kappa shape index (κ1) is 19.2. The molecule has 3 N–H and O–H groups in total. The molecule has 0 bridgehead atoms. The first-order valence-corrected chi connectivity index (χ1v) is 8.55. The van der Waals surface area contributed by atoms with Gasteiger partial charge in [0.25, 0.3) is 0 Å². The first-order valence-electron chi connectivity index (χ1n) is 8.55. The third kappa shape index (κ3) is 7.99. The third-order valence-corrected chi connectivity index (χ3v) is 3.82. The van der Waals surface area contributed by atoms with E-state index in [0.29, 0.717) is 18.5 Å². The summed E-state index contributed by atoms with van der Waals surface area (Å²) in [7, 11) is 0. The topological polar surface area (TPSA) is 62.4 Å². The van der Waals surface area contributed by atoms with Crippen molar-refractivity contribution in [2.45, 2.75) is 78.0 Å². The summed E-state index contributed by atoms with van der Waals surface area (Å²) in [4.78, 5) is 11.9. The van der Waals surface area contributed by atoms with Crippen LogP contribution in [0.4, 0.5) is 4.79 Å². The van der Waals surface area contributed by atoms with Crippen LogP contribution in [0.2, 0.25) is 0 Å². The lowest BCUT2D eigenvalue weighted by molar-refractivity contribution is 0.0507. The highest BCUT2D eigenvalue weighted by Gasteiger charge is 2.28. The summed E-state index contributed by atoms with van der Waals surface area (Å²) in [6, 6.07) is 0.549. The molecule has 0 aromatic carbocycles. The number of carbonyl (C=O) groups excluding carboxylic acids is 1. The van der Waals surface area contributed by atoms with E-state index in [1.807, 2.05) is 20.8 Å². The van der Waals surface area contributed by atoms with Crippen molar-refractivity contribution in [1.29, 1.82) is 0 Å². The van der Waals surface area contributed by atoms with Crippen molar-refractivity contribution in [3.8, 4) is 0 Å². The van der Waals surface area contributed by atoms with Gasteiger partial charge in [-0.2, -0.15) is 0 Å². The molecule has 22 heavy (non-hydrogen) atoms. The number of carbonyl (C=O) groups is 1. The number of ether oxygens (including phenoxy) is 1. The third-order valence-electron chi connectivity index (χ3n) is 3.82. The van der Waals surface area contributed by atoms with Crippen LogP contribution in [-0.4, -0.2) is 42.9 Å². The molecule has 1 amide bonds. The van der Waals surface area contributed by atoms with Gasteiger partial charge in [-0.25, -0.2) is 4.79 Å². The number of alkyl carbamates (subject to hydrolysis) is 1. The van der Waals surface area contributed by atoms with Gasteiger partial charge >= 0.3 is 6.09 Å². The van der Waals surface area contributed by atoms with Gasteiger partial charge in [0.05, 0.1) is 0 Å². The van der Waals surface area contributed by atoms with Crippen LogP contribution >= 0.6 is 0 Å². The predicted molar refractivity (Wildman–Crippen MR) is 91.1 cm³/mol. The monoisotopic (exact) mass is 313 g/mol. The molecule has 0 saturated carbocycles. The Labute approximate surface area is 135 Å². The average Bonchev–Trinajstić information content (AvgIpc) is 2.84. The fourth-order valence-corrected chi connectivity index (χ4v) is 2.99. The van der Waals surface area contributed by atoms with Crippen molar-refractivity contribution in [1.82, 2.24) is 16.0 Å². The standard InChI is InChI=1S/C17H35N3O2/c1-13(2)10-17(6,20-11-14-8-7-9-18-14)12-19-15(21)22-16(3,4)5/h13-14,18,20H,7-12H2,1-6H3,(H,19,21). The van der Waals surface area contributed by atoms with E-state index in [1.165, 1.54) is 12.8 Å². The Morgan fingerprint density at radius 1 is 1.32 bits per heavy atom. The van der Waals surface area contributed by atoms with Gasteiger partial charge in [0, 0.05) is 24.7 Å². The van der Waals surface area contributed by atoms with Crippen molar-refractivity contribution in [2.24, 2.45) is 5.92 Å². The maximum Gasteiger partial charge on any atom is 0.407 e. The molecular formula is C17H35N3O2. The Morgan fingerprint density at radius 2 is 2.00 bits per heavy atom.